The molecule has 0 radical (unpaired) electrons. The van der Waals surface area contributed by atoms with E-state index in [4.69, 9.17) is 0 Å². The summed E-state index contributed by atoms with van der Waals surface area (Å²) in [4.78, 5) is 0. The molecule has 1 unspecified atom stereocenters. The molecule has 0 aromatic heterocycles. The summed E-state index contributed by atoms with van der Waals surface area (Å²) >= 11 is 0. The Kier molecular flexibility index (Phi) is 5.74. The van der Waals surface area contributed by atoms with E-state index in [0.717, 1.165) is 19.3 Å². The number of unbranched alkanes of at least 4 members (excludes halogenated alkanes) is 1. The van der Waals surface area contributed by atoms with Gasteiger partial charge >= 0.3 is 0 Å². The van der Waals surface area contributed by atoms with Crippen LogP contribution in [0.25, 0.3) is 16.8 Å². The van der Waals surface area contributed by atoms with E-state index >= 15 is 0 Å². The van der Waals surface area contributed by atoms with Gasteiger partial charge in [0.1, 0.15) is 0 Å². The third-order valence-corrected chi connectivity index (χ3v) is 3.59. The minimum atomic E-state index is -0.691. The van der Waals surface area contributed by atoms with Gasteiger partial charge in [-0.15, -0.1) is 6.58 Å². The Hall–Kier alpha value is -1.89. The molecule has 0 aliphatic carbocycles. The lowest BCUT2D eigenvalue weighted by molar-refractivity contribution is 0.335. The molecule has 0 saturated carbocycles. The molecule has 0 amide bonds. The maximum atomic E-state index is 12.7. The molecule has 0 N–H and O–H groups in total. The zero-order valence-corrected chi connectivity index (χ0v) is 12.7. The van der Waals surface area contributed by atoms with E-state index in [-0.39, 0.29) is 0 Å². The maximum absolute atomic E-state index is 12.7. The van der Waals surface area contributed by atoms with Crippen molar-refractivity contribution in [3.8, 4) is 0 Å². The predicted octanol–water partition coefficient (Wildman–Crippen LogP) is 6.11. The van der Waals surface area contributed by atoms with E-state index in [1.807, 2.05) is 6.08 Å². The first-order valence-electron chi connectivity index (χ1n) is 7.63. The molecule has 2 rings (SSSR count). The van der Waals surface area contributed by atoms with Crippen LogP contribution in [0.5, 0.6) is 0 Å². The van der Waals surface area contributed by atoms with Crippen LogP contribution in [0, 0.1) is 0 Å². The molecule has 2 aromatic carbocycles. The van der Waals surface area contributed by atoms with E-state index in [9.17, 15) is 4.39 Å². The van der Waals surface area contributed by atoms with Crippen molar-refractivity contribution in [1.29, 1.82) is 0 Å². The van der Waals surface area contributed by atoms with Gasteiger partial charge < -0.3 is 0 Å². The Morgan fingerprint density at radius 3 is 2.67 bits per heavy atom. The molecular formula is C20H23F. The number of rotatable bonds is 7. The van der Waals surface area contributed by atoms with Crippen LogP contribution in [0.1, 0.15) is 37.3 Å². The summed E-state index contributed by atoms with van der Waals surface area (Å²) in [6.07, 6.45) is 8.89. The van der Waals surface area contributed by atoms with Gasteiger partial charge in [-0.3, -0.25) is 0 Å². The van der Waals surface area contributed by atoms with Crippen LogP contribution in [0.4, 0.5) is 4.39 Å². The van der Waals surface area contributed by atoms with E-state index in [2.05, 4.69) is 55.1 Å². The number of halogens is 1. The molecule has 0 aliphatic rings. The maximum Gasteiger partial charge on any atom is 0.0973 e. The highest BCUT2D eigenvalue weighted by atomic mass is 19.1. The summed E-state index contributed by atoms with van der Waals surface area (Å²) in [5, 5.41) is 2.51. The van der Waals surface area contributed by atoms with Crippen molar-refractivity contribution in [2.75, 3.05) is 0 Å². The van der Waals surface area contributed by atoms with Gasteiger partial charge in [-0.05, 0) is 60.6 Å². The minimum absolute atomic E-state index is 0.647. The largest absolute Gasteiger partial charge is 0.248 e. The normalized spacial score (nSPS) is 12.9. The molecular weight excluding hydrogens is 259 g/mol. The summed E-state index contributed by atoms with van der Waals surface area (Å²) in [5.41, 5.74) is 2.49. The fourth-order valence-electron chi connectivity index (χ4n) is 2.45. The third kappa shape index (κ3) is 4.86. The lowest BCUT2D eigenvalue weighted by Gasteiger charge is -2.03. The van der Waals surface area contributed by atoms with E-state index in [1.165, 1.54) is 21.9 Å². The Labute approximate surface area is 127 Å². The zero-order valence-electron chi connectivity index (χ0n) is 12.7. The van der Waals surface area contributed by atoms with Crippen LogP contribution in [0.3, 0.4) is 0 Å². The number of hydrogen-bond donors (Lipinski definition) is 0. The average Bonchev–Trinajstić information content (AvgIpc) is 2.47. The molecule has 0 saturated heterocycles. The first-order chi connectivity index (χ1) is 10.2. The smallest absolute Gasteiger partial charge is 0.0973 e. The lowest BCUT2D eigenvalue weighted by atomic mass is 10.0. The molecule has 0 heterocycles. The van der Waals surface area contributed by atoms with Gasteiger partial charge in [-0.1, -0.05) is 48.6 Å². The number of fused-ring (bicyclic) bond motifs is 1. The Balaban J connectivity index is 2.03. The SMILES string of the molecule is C=CCc1ccc2cc(/C=C/CCCC(C)F)ccc2c1. The van der Waals surface area contributed by atoms with Crippen molar-refractivity contribution >= 4 is 16.8 Å². The zero-order chi connectivity index (χ0) is 15.1. The van der Waals surface area contributed by atoms with E-state index in [1.54, 1.807) is 6.92 Å². The monoisotopic (exact) mass is 282 g/mol. The van der Waals surface area contributed by atoms with Crippen molar-refractivity contribution in [2.24, 2.45) is 0 Å². The summed E-state index contributed by atoms with van der Waals surface area (Å²) < 4.78 is 12.7. The van der Waals surface area contributed by atoms with Crippen LogP contribution in [-0.4, -0.2) is 6.17 Å². The topological polar surface area (TPSA) is 0 Å². The van der Waals surface area contributed by atoms with Gasteiger partial charge in [-0.25, -0.2) is 4.39 Å². The highest BCUT2D eigenvalue weighted by Gasteiger charge is 1.97. The molecule has 1 heteroatoms. The molecule has 0 spiro atoms. The van der Waals surface area contributed by atoms with Crippen molar-refractivity contribution in [1.82, 2.24) is 0 Å². The molecule has 0 bridgehead atoms. The van der Waals surface area contributed by atoms with Gasteiger partial charge in [0.15, 0.2) is 0 Å². The lowest BCUT2D eigenvalue weighted by Crippen LogP contribution is -1.90. The van der Waals surface area contributed by atoms with Crippen molar-refractivity contribution in [3.05, 3.63) is 66.3 Å². The molecule has 0 fully saturated rings. The van der Waals surface area contributed by atoms with Crippen LogP contribution in [0.15, 0.2) is 55.1 Å². The average molecular weight is 282 g/mol. The number of hydrogen-bond acceptors (Lipinski definition) is 0. The molecule has 110 valence electrons. The summed E-state index contributed by atoms with van der Waals surface area (Å²) in [5.74, 6) is 0. The highest BCUT2D eigenvalue weighted by Crippen LogP contribution is 2.19. The minimum Gasteiger partial charge on any atom is -0.248 e. The number of allylic oxidation sites excluding steroid dienone is 2. The van der Waals surface area contributed by atoms with Crippen LogP contribution < -0.4 is 0 Å². The molecule has 0 aliphatic heterocycles. The van der Waals surface area contributed by atoms with Gasteiger partial charge in [0.25, 0.3) is 0 Å². The second kappa shape index (κ2) is 7.78. The predicted molar refractivity (Wildman–Crippen MR) is 91.3 cm³/mol. The molecule has 21 heavy (non-hydrogen) atoms. The number of alkyl halides is 1. The Bertz CT molecular complexity index is 623. The van der Waals surface area contributed by atoms with Crippen LogP contribution in [0.2, 0.25) is 0 Å². The summed E-state index contributed by atoms with van der Waals surface area (Å²) in [6.45, 7) is 5.40. The van der Waals surface area contributed by atoms with Gasteiger partial charge in [-0.2, -0.15) is 0 Å². The van der Waals surface area contributed by atoms with Crippen LogP contribution >= 0.6 is 0 Å². The third-order valence-electron chi connectivity index (χ3n) is 3.59. The van der Waals surface area contributed by atoms with Gasteiger partial charge in [0, 0.05) is 0 Å². The Morgan fingerprint density at radius 2 is 1.90 bits per heavy atom. The fourth-order valence-corrected chi connectivity index (χ4v) is 2.45. The quantitative estimate of drug-likeness (QED) is 0.424. The van der Waals surface area contributed by atoms with Crippen LogP contribution in [-0.2, 0) is 6.42 Å². The molecule has 0 nitrogen and oxygen atoms in total. The molecule has 2 aromatic rings. The van der Waals surface area contributed by atoms with E-state index < -0.39 is 6.17 Å². The summed E-state index contributed by atoms with van der Waals surface area (Å²) in [7, 11) is 0. The van der Waals surface area contributed by atoms with E-state index in [0.29, 0.717) is 6.42 Å². The second-order valence-electron chi connectivity index (χ2n) is 5.55. The standard InChI is InChI=1S/C20H23F/c1-3-7-17-10-12-20-15-18(11-13-19(20)14-17)9-6-4-5-8-16(2)21/h3,6,9-16H,1,4-5,7-8H2,2H3/b9-6+. The Morgan fingerprint density at radius 1 is 1.14 bits per heavy atom. The highest BCUT2D eigenvalue weighted by molar-refractivity contribution is 5.85. The van der Waals surface area contributed by atoms with Crippen molar-refractivity contribution in [3.63, 3.8) is 0 Å². The van der Waals surface area contributed by atoms with Gasteiger partial charge in [0.2, 0.25) is 0 Å². The summed E-state index contributed by atoms with van der Waals surface area (Å²) in [6, 6.07) is 13.0. The van der Waals surface area contributed by atoms with Crippen molar-refractivity contribution in [2.45, 2.75) is 38.8 Å². The number of benzene rings is 2. The first kappa shape index (κ1) is 15.5. The first-order valence-corrected chi connectivity index (χ1v) is 7.63. The second-order valence-corrected chi connectivity index (χ2v) is 5.55. The molecule has 1 atom stereocenters. The van der Waals surface area contributed by atoms with Crippen molar-refractivity contribution < 1.29 is 4.39 Å². The van der Waals surface area contributed by atoms with Gasteiger partial charge in [0.05, 0.1) is 6.17 Å². The fraction of sp³-hybridized carbons (Fsp3) is 0.300.